The lowest BCUT2D eigenvalue weighted by atomic mass is 9.86. The van der Waals surface area contributed by atoms with Crippen LogP contribution in [-0.4, -0.2) is 0 Å². The van der Waals surface area contributed by atoms with Gasteiger partial charge in [-0.1, -0.05) is 77.8 Å². The van der Waals surface area contributed by atoms with Crippen molar-refractivity contribution in [3.63, 3.8) is 0 Å². The Kier molecular flexibility index (Phi) is 4.99. The number of nitrogen functional groups attached to an aromatic ring is 2. The van der Waals surface area contributed by atoms with E-state index >= 15 is 0 Å². The second-order valence-electron chi connectivity index (χ2n) is 6.53. The minimum atomic E-state index is 0.636. The first-order chi connectivity index (χ1) is 13.6. The highest BCUT2D eigenvalue weighted by Gasteiger charge is 2.20. The van der Waals surface area contributed by atoms with Crippen LogP contribution in [0.5, 0.6) is 0 Å². The lowest BCUT2D eigenvalue weighted by Gasteiger charge is -2.20. The third-order valence-corrected chi connectivity index (χ3v) is 5.40. The molecule has 0 heterocycles. The summed E-state index contributed by atoms with van der Waals surface area (Å²) in [5.74, 6) is 0. The van der Waals surface area contributed by atoms with Gasteiger partial charge in [0, 0.05) is 43.7 Å². The predicted molar refractivity (Wildman–Crippen MR) is 122 cm³/mol. The summed E-state index contributed by atoms with van der Waals surface area (Å²) in [6, 6.07) is 27.1. The zero-order valence-corrected chi connectivity index (χ0v) is 16.5. The quantitative estimate of drug-likeness (QED) is 0.355. The van der Waals surface area contributed by atoms with Crippen LogP contribution in [0.4, 0.5) is 11.4 Å². The molecule has 4 aromatic rings. The highest BCUT2D eigenvalue weighted by molar-refractivity contribution is 6.35. The highest BCUT2D eigenvalue weighted by atomic mass is 35.5. The molecule has 138 valence electrons. The topological polar surface area (TPSA) is 52.0 Å². The molecule has 0 atom stereocenters. The van der Waals surface area contributed by atoms with E-state index in [0.717, 1.165) is 33.4 Å². The standard InChI is InChI=1S/C24H18Cl2N2/c25-20-7-3-1-5-18(20)23-17(15-9-11-16(27)12-10-15)13-14-22(28)24(23)19-6-2-4-8-21(19)26/h1-14H,27-28H2. The highest BCUT2D eigenvalue weighted by Crippen LogP contribution is 2.46. The van der Waals surface area contributed by atoms with Crippen molar-refractivity contribution < 1.29 is 0 Å². The zero-order valence-electron chi connectivity index (χ0n) is 15.0. The van der Waals surface area contributed by atoms with Crippen molar-refractivity contribution in [2.75, 3.05) is 11.5 Å². The fourth-order valence-electron chi connectivity index (χ4n) is 3.42. The Morgan fingerprint density at radius 3 is 1.61 bits per heavy atom. The maximum absolute atomic E-state index is 6.60. The maximum Gasteiger partial charge on any atom is 0.0485 e. The second kappa shape index (κ2) is 7.59. The Bertz CT molecular complexity index is 1150. The largest absolute Gasteiger partial charge is 0.399 e. The fraction of sp³-hybridized carbons (Fsp3) is 0. The van der Waals surface area contributed by atoms with Crippen LogP contribution in [0.3, 0.4) is 0 Å². The Labute approximate surface area is 174 Å². The van der Waals surface area contributed by atoms with Gasteiger partial charge in [-0.2, -0.15) is 0 Å². The van der Waals surface area contributed by atoms with E-state index in [1.165, 1.54) is 0 Å². The van der Waals surface area contributed by atoms with Gasteiger partial charge in [0.25, 0.3) is 0 Å². The molecule has 2 nitrogen and oxygen atoms in total. The van der Waals surface area contributed by atoms with Gasteiger partial charge in [-0.15, -0.1) is 0 Å². The van der Waals surface area contributed by atoms with Crippen LogP contribution in [0.1, 0.15) is 0 Å². The van der Waals surface area contributed by atoms with Gasteiger partial charge >= 0.3 is 0 Å². The number of hydrogen-bond donors (Lipinski definition) is 2. The maximum atomic E-state index is 6.60. The second-order valence-corrected chi connectivity index (χ2v) is 7.35. The molecule has 0 fully saturated rings. The molecule has 0 amide bonds. The fourth-order valence-corrected chi connectivity index (χ4v) is 3.88. The average molecular weight is 405 g/mol. The Balaban J connectivity index is 2.12. The first-order valence-corrected chi connectivity index (χ1v) is 9.60. The minimum absolute atomic E-state index is 0.636. The van der Waals surface area contributed by atoms with Crippen molar-refractivity contribution in [3.8, 4) is 33.4 Å². The monoisotopic (exact) mass is 404 g/mol. The van der Waals surface area contributed by atoms with E-state index in [9.17, 15) is 0 Å². The number of benzene rings is 4. The van der Waals surface area contributed by atoms with Gasteiger partial charge in [-0.05, 0) is 41.5 Å². The molecule has 4 heteroatoms. The Hall–Kier alpha value is -2.94. The lowest BCUT2D eigenvalue weighted by molar-refractivity contribution is 1.55. The van der Waals surface area contributed by atoms with Gasteiger partial charge < -0.3 is 11.5 Å². The smallest absolute Gasteiger partial charge is 0.0485 e. The lowest BCUT2D eigenvalue weighted by Crippen LogP contribution is -1.97. The van der Waals surface area contributed by atoms with Crippen molar-refractivity contribution in [1.82, 2.24) is 0 Å². The predicted octanol–water partition coefficient (Wildman–Crippen LogP) is 7.16. The summed E-state index contributed by atoms with van der Waals surface area (Å²) >= 11 is 13.1. The molecule has 0 bridgehead atoms. The van der Waals surface area contributed by atoms with E-state index in [1.54, 1.807) is 0 Å². The molecule has 0 unspecified atom stereocenters. The minimum Gasteiger partial charge on any atom is -0.399 e. The molecule has 0 aliphatic carbocycles. The molecule has 0 saturated carbocycles. The molecular formula is C24H18Cl2N2. The van der Waals surface area contributed by atoms with Gasteiger partial charge in [-0.3, -0.25) is 0 Å². The summed E-state index contributed by atoms with van der Waals surface area (Å²) < 4.78 is 0. The number of rotatable bonds is 3. The van der Waals surface area contributed by atoms with Crippen molar-refractivity contribution in [2.24, 2.45) is 0 Å². The Morgan fingerprint density at radius 1 is 0.500 bits per heavy atom. The molecule has 0 aliphatic heterocycles. The van der Waals surface area contributed by atoms with Gasteiger partial charge in [-0.25, -0.2) is 0 Å². The molecule has 0 saturated heterocycles. The summed E-state index contributed by atoms with van der Waals surface area (Å²) in [5, 5.41) is 1.29. The van der Waals surface area contributed by atoms with Crippen molar-refractivity contribution >= 4 is 34.6 Å². The average Bonchev–Trinajstić information content (AvgIpc) is 2.70. The molecular weight excluding hydrogens is 387 g/mol. The van der Waals surface area contributed by atoms with Crippen LogP contribution < -0.4 is 11.5 Å². The summed E-state index contributed by atoms with van der Waals surface area (Å²) in [6.07, 6.45) is 0. The molecule has 0 aliphatic rings. The molecule has 4 N–H and O–H groups in total. The van der Waals surface area contributed by atoms with Gasteiger partial charge in [0.2, 0.25) is 0 Å². The van der Waals surface area contributed by atoms with E-state index in [4.69, 9.17) is 34.7 Å². The van der Waals surface area contributed by atoms with Gasteiger partial charge in [0.05, 0.1) is 0 Å². The number of halogens is 2. The summed E-state index contributed by atoms with van der Waals surface area (Å²) in [5.41, 5.74) is 19.3. The van der Waals surface area contributed by atoms with Crippen molar-refractivity contribution in [1.29, 1.82) is 0 Å². The van der Waals surface area contributed by atoms with Gasteiger partial charge in [0.15, 0.2) is 0 Å². The van der Waals surface area contributed by atoms with E-state index in [0.29, 0.717) is 21.4 Å². The van der Waals surface area contributed by atoms with Gasteiger partial charge in [0.1, 0.15) is 0 Å². The zero-order chi connectivity index (χ0) is 19.7. The van der Waals surface area contributed by atoms with Crippen molar-refractivity contribution in [3.05, 3.63) is 95.0 Å². The first kappa shape index (κ1) is 18.4. The van der Waals surface area contributed by atoms with E-state index in [-0.39, 0.29) is 0 Å². The van der Waals surface area contributed by atoms with E-state index < -0.39 is 0 Å². The van der Waals surface area contributed by atoms with E-state index in [2.05, 4.69) is 0 Å². The first-order valence-electron chi connectivity index (χ1n) is 8.84. The molecule has 0 spiro atoms. The molecule has 4 aromatic carbocycles. The van der Waals surface area contributed by atoms with Crippen molar-refractivity contribution in [2.45, 2.75) is 0 Å². The van der Waals surface area contributed by atoms with Crippen LogP contribution in [0, 0.1) is 0 Å². The molecule has 0 radical (unpaired) electrons. The molecule has 0 aromatic heterocycles. The summed E-state index contributed by atoms with van der Waals surface area (Å²) in [6.45, 7) is 0. The van der Waals surface area contributed by atoms with E-state index in [1.807, 2.05) is 84.9 Å². The normalized spacial score (nSPS) is 10.8. The number of anilines is 2. The molecule has 28 heavy (non-hydrogen) atoms. The Morgan fingerprint density at radius 2 is 1.04 bits per heavy atom. The molecule has 4 rings (SSSR count). The summed E-state index contributed by atoms with van der Waals surface area (Å²) in [7, 11) is 0. The van der Waals surface area contributed by atoms with Crippen LogP contribution in [0.15, 0.2) is 84.9 Å². The van der Waals surface area contributed by atoms with Crippen LogP contribution in [-0.2, 0) is 0 Å². The van der Waals surface area contributed by atoms with Crippen LogP contribution in [0.25, 0.3) is 33.4 Å². The van der Waals surface area contributed by atoms with Crippen LogP contribution in [0.2, 0.25) is 10.0 Å². The number of hydrogen-bond acceptors (Lipinski definition) is 2. The third kappa shape index (κ3) is 3.33. The SMILES string of the molecule is Nc1ccc(-c2ccc(N)c(-c3ccccc3Cl)c2-c2ccccc2Cl)cc1. The number of nitrogens with two attached hydrogens (primary N) is 2. The van der Waals surface area contributed by atoms with Crippen LogP contribution >= 0.6 is 23.2 Å². The third-order valence-electron chi connectivity index (χ3n) is 4.75. The summed E-state index contributed by atoms with van der Waals surface area (Å²) in [4.78, 5) is 0.